The van der Waals surface area contributed by atoms with Crippen LogP contribution in [0.25, 0.3) is 22.1 Å². The molecule has 33 heavy (non-hydrogen) atoms. The Morgan fingerprint density at radius 1 is 0.909 bits per heavy atom. The molecule has 172 valence electrons. The first-order chi connectivity index (χ1) is 16.0. The zero-order chi connectivity index (χ0) is 23.4. The topological polar surface area (TPSA) is 77.5 Å². The molecular formula is C26H29N3O4. The number of para-hydroxylation sites is 1. The van der Waals surface area contributed by atoms with Crippen LogP contribution < -0.4 is 11.2 Å². The molecule has 0 unspecified atom stereocenters. The molecule has 2 heterocycles. The maximum absolute atomic E-state index is 13.6. The number of hydrogen-bond acceptors (Lipinski definition) is 4. The Balaban J connectivity index is 1.84. The van der Waals surface area contributed by atoms with E-state index in [1.165, 1.54) is 9.13 Å². The molecule has 7 nitrogen and oxygen atoms in total. The minimum Gasteiger partial charge on any atom is -0.449 e. The largest absolute Gasteiger partial charge is 0.449 e. The lowest BCUT2D eigenvalue weighted by Gasteiger charge is -2.22. The Morgan fingerprint density at radius 3 is 2.27 bits per heavy atom. The molecule has 2 aromatic heterocycles. The normalized spacial score (nSPS) is 11.3. The van der Waals surface area contributed by atoms with E-state index in [1.807, 2.05) is 62.4 Å². The van der Waals surface area contributed by atoms with Crippen LogP contribution in [0.2, 0.25) is 0 Å². The monoisotopic (exact) mass is 447 g/mol. The SMILES string of the molecule is CCCN(CCC)C(=O)Cn1c(=O)n(CCc2ccccc2)c(=O)c2oc3ccccc3c21. The van der Waals surface area contributed by atoms with Gasteiger partial charge in [0.25, 0.3) is 5.56 Å². The molecule has 0 radical (unpaired) electrons. The van der Waals surface area contributed by atoms with Crippen LogP contribution in [0.5, 0.6) is 0 Å². The van der Waals surface area contributed by atoms with Crippen molar-refractivity contribution < 1.29 is 9.21 Å². The molecule has 0 spiro atoms. The molecule has 0 bridgehead atoms. The van der Waals surface area contributed by atoms with Gasteiger partial charge in [-0.1, -0.05) is 56.3 Å². The fourth-order valence-electron chi connectivity index (χ4n) is 4.26. The van der Waals surface area contributed by atoms with Gasteiger partial charge in [-0.05, 0) is 37.0 Å². The molecule has 0 aliphatic heterocycles. The number of carbonyl (C=O) groups is 1. The third kappa shape index (κ3) is 4.49. The lowest BCUT2D eigenvalue weighted by Crippen LogP contribution is -2.44. The van der Waals surface area contributed by atoms with Crippen LogP contribution in [0.4, 0.5) is 0 Å². The highest BCUT2D eigenvalue weighted by Crippen LogP contribution is 2.25. The summed E-state index contributed by atoms with van der Waals surface area (Å²) in [6.07, 6.45) is 2.19. The first-order valence-corrected chi connectivity index (χ1v) is 11.5. The quantitative estimate of drug-likeness (QED) is 0.391. The highest BCUT2D eigenvalue weighted by Gasteiger charge is 2.22. The van der Waals surface area contributed by atoms with E-state index in [0.29, 0.717) is 36.0 Å². The fraction of sp³-hybridized carbons (Fsp3) is 0.346. The van der Waals surface area contributed by atoms with E-state index < -0.39 is 11.2 Å². The number of rotatable bonds is 9. The number of aromatic nitrogens is 2. The Bertz CT molecular complexity index is 1380. The molecule has 4 aromatic rings. The summed E-state index contributed by atoms with van der Waals surface area (Å²) in [5.41, 5.74) is 1.08. The van der Waals surface area contributed by atoms with Crippen LogP contribution in [-0.4, -0.2) is 33.0 Å². The molecule has 2 aromatic carbocycles. The Hall–Kier alpha value is -3.61. The molecular weight excluding hydrogens is 418 g/mol. The standard InChI is InChI=1S/C26H29N3O4/c1-3-15-27(16-4-2)22(30)18-29-23-20-12-8-9-13-21(20)33-24(23)25(31)28(26(29)32)17-14-19-10-6-5-7-11-19/h5-13H,3-4,14-18H2,1-2H3. The molecule has 0 saturated carbocycles. The van der Waals surface area contributed by atoms with Gasteiger partial charge in [-0.25, -0.2) is 4.79 Å². The van der Waals surface area contributed by atoms with Crippen molar-refractivity contribution >= 4 is 28.0 Å². The smallest absolute Gasteiger partial charge is 0.332 e. The number of fused-ring (bicyclic) bond motifs is 3. The van der Waals surface area contributed by atoms with Crippen LogP contribution in [0.3, 0.4) is 0 Å². The van der Waals surface area contributed by atoms with Gasteiger partial charge in [-0.2, -0.15) is 0 Å². The van der Waals surface area contributed by atoms with Gasteiger partial charge in [0.15, 0.2) is 0 Å². The summed E-state index contributed by atoms with van der Waals surface area (Å²) >= 11 is 0. The zero-order valence-corrected chi connectivity index (χ0v) is 19.1. The summed E-state index contributed by atoms with van der Waals surface area (Å²) in [4.78, 5) is 41.8. The van der Waals surface area contributed by atoms with Crippen molar-refractivity contribution in [3.05, 3.63) is 81.0 Å². The summed E-state index contributed by atoms with van der Waals surface area (Å²) in [7, 11) is 0. The molecule has 0 atom stereocenters. The molecule has 0 aliphatic carbocycles. The average Bonchev–Trinajstić information content (AvgIpc) is 3.22. The number of furan rings is 1. The van der Waals surface area contributed by atoms with Crippen LogP contribution in [0.1, 0.15) is 32.3 Å². The predicted molar refractivity (Wildman–Crippen MR) is 130 cm³/mol. The molecule has 0 aliphatic rings. The third-order valence-electron chi connectivity index (χ3n) is 5.84. The van der Waals surface area contributed by atoms with E-state index in [4.69, 9.17) is 4.42 Å². The minimum absolute atomic E-state index is 0.106. The number of nitrogens with zero attached hydrogens (tertiary/aromatic N) is 3. The van der Waals surface area contributed by atoms with E-state index in [2.05, 4.69) is 0 Å². The van der Waals surface area contributed by atoms with Gasteiger partial charge in [0.2, 0.25) is 11.5 Å². The second-order valence-corrected chi connectivity index (χ2v) is 8.22. The number of aryl methyl sites for hydroxylation is 1. The van der Waals surface area contributed by atoms with Crippen molar-refractivity contribution in [1.29, 1.82) is 0 Å². The second-order valence-electron chi connectivity index (χ2n) is 8.22. The van der Waals surface area contributed by atoms with E-state index in [-0.39, 0.29) is 24.6 Å². The molecule has 0 fully saturated rings. The summed E-state index contributed by atoms with van der Waals surface area (Å²) in [5, 5.41) is 0.655. The van der Waals surface area contributed by atoms with Crippen LogP contribution in [-0.2, 0) is 24.3 Å². The molecule has 0 N–H and O–H groups in total. The van der Waals surface area contributed by atoms with Gasteiger partial charge in [0, 0.05) is 25.0 Å². The van der Waals surface area contributed by atoms with Crippen molar-refractivity contribution in [2.24, 2.45) is 0 Å². The van der Waals surface area contributed by atoms with Gasteiger partial charge in [0.05, 0.1) is 0 Å². The number of hydrogen-bond donors (Lipinski definition) is 0. The molecule has 1 amide bonds. The second kappa shape index (κ2) is 9.90. The molecule has 4 rings (SSSR count). The molecule has 7 heteroatoms. The van der Waals surface area contributed by atoms with Crippen molar-refractivity contribution in [3.8, 4) is 0 Å². The Labute approximate surface area is 191 Å². The lowest BCUT2D eigenvalue weighted by molar-refractivity contribution is -0.131. The highest BCUT2D eigenvalue weighted by molar-refractivity contribution is 6.02. The first kappa shape index (κ1) is 22.6. The van der Waals surface area contributed by atoms with Gasteiger partial charge in [0.1, 0.15) is 17.6 Å². The van der Waals surface area contributed by atoms with Gasteiger partial charge >= 0.3 is 5.69 Å². The van der Waals surface area contributed by atoms with Crippen LogP contribution in [0.15, 0.2) is 68.6 Å². The predicted octanol–water partition coefficient (Wildman–Crippen LogP) is 3.80. The van der Waals surface area contributed by atoms with Crippen LogP contribution in [0, 0.1) is 0 Å². The van der Waals surface area contributed by atoms with Crippen molar-refractivity contribution in [3.63, 3.8) is 0 Å². The number of carbonyl (C=O) groups excluding carboxylic acids is 1. The van der Waals surface area contributed by atoms with E-state index in [0.717, 1.165) is 18.4 Å². The number of benzene rings is 2. The maximum Gasteiger partial charge on any atom is 0.332 e. The molecule has 0 saturated heterocycles. The Kier molecular flexibility index (Phi) is 6.77. The minimum atomic E-state index is -0.490. The third-order valence-corrected chi connectivity index (χ3v) is 5.84. The van der Waals surface area contributed by atoms with Gasteiger partial charge < -0.3 is 9.32 Å². The summed E-state index contributed by atoms with van der Waals surface area (Å²) in [6.45, 7) is 5.37. The lowest BCUT2D eigenvalue weighted by atomic mass is 10.1. The average molecular weight is 448 g/mol. The number of amides is 1. The summed E-state index contributed by atoms with van der Waals surface area (Å²) in [6, 6.07) is 16.9. The van der Waals surface area contributed by atoms with Gasteiger partial charge in [-0.15, -0.1) is 0 Å². The van der Waals surface area contributed by atoms with E-state index in [1.54, 1.807) is 11.0 Å². The first-order valence-electron chi connectivity index (χ1n) is 11.5. The van der Waals surface area contributed by atoms with E-state index in [9.17, 15) is 14.4 Å². The highest BCUT2D eigenvalue weighted by atomic mass is 16.3. The maximum atomic E-state index is 13.6. The van der Waals surface area contributed by atoms with Crippen molar-refractivity contribution in [1.82, 2.24) is 14.0 Å². The summed E-state index contributed by atoms with van der Waals surface area (Å²) in [5.74, 6) is -0.138. The zero-order valence-electron chi connectivity index (χ0n) is 19.1. The van der Waals surface area contributed by atoms with Crippen molar-refractivity contribution in [2.75, 3.05) is 13.1 Å². The fourth-order valence-corrected chi connectivity index (χ4v) is 4.26. The van der Waals surface area contributed by atoms with Crippen LogP contribution >= 0.6 is 0 Å². The van der Waals surface area contributed by atoms with Crippen molar-refractivity contribution in [2.45, 2.75) is 46.2 Å². The van der Waals surface area contributed by atoms with Gasteiger partial charge in [-0.3, -0.25) is 18.7 Å². The van der Waals surface area contributed by atoms with E-state index >= 15 is 0 Å². The summed E-state index contributed by atoms with van der Waals surface area (Å²) < 4.78 is 8.49. The Morgan fingerprint density at radius 2 is 1.58 bits per heavy atom.